The minimum absolute atomic E-state index is 0.114. The summed E-state index contributed by atoms with van der Waals surface area (Å²) in [5.41, 5.74) is 0.977. The van der Waals surface area contributed by atoms with Crippen LogP contribution in [0.3, 0.4) is 0 Å². The lowest BCUT2D eigenvalue weighted by molar-refractivity contribution is 0.442. The molecule has 0 atom stereocenters. The number of aromatic nitrogens is 3. The number of rotatable bonds is 3. The molecule has 5 heteroatoms. The summed E-state index contributed by atoms with van der Waals surface area (Å²) in [6.07, 6.45) is 2.08. The van der Waals surface area contributed by atoms with E-state index in [0.29, 0.717) is 12.5 Å². The number of nitrogens with one attached hydrogen (secondary N) is 2. The van der Waals surface area contributed by atoms with Crippen LogP contribution in [0, 0.1) is 0 Å². The summed E-state index contributed by atoms with van der Waals surface area (Å²) in [7, 11) is 0. The summed E-state index contributed by atoms with van der Waals surface area (Å²) in [6.45, 7) is 2.53. The van der Waals surface area contributed by atoms with Crippen molar-refractivity contribution >= 4 is 0 Å². The Balaban J connectivity index is 1.79. The number of piperidine rings is 1. The molecule has 2 N–H and O–H groups in total. The Morgan fingerprint density at radius 3 is 2.68 bits per heavy atom. The van der Waals surface area contributed by atoms with Gasteiger partial charge in [0, 0.05) is 5.92 Å². The molecule has 0 aliphatic carbocycles. The molecule has 1 aromatic carbocycles. The van der Waals surface area contributed by atoms with E-state index in [-0.39, 0.29) is 5.69 Å². The Kier molecular flexibility index (Phi) is 3.46. The molecular formula is C14H18N4O. The maximum atomic E-state index is 11.9. The first-order valence-electron chi connectivity index (χ1n) is 6.74. The van der Waals surface area contributed by atoms with Gasteiger partial charge in [-0.2, -0.15) is 5.10 Å². The lowest BCUT2D eigenvalue weighted by Crippen LogP contribution is -2.27. The van der Waals surface area contributed by atoms with Crippen LogP contribution in [0.5, 0.6) is 0 Å². The highest BCUT2D eigenvalue weighted by Gasteiger charge is 2.19. The molecule has 0 unspecified atom stereocenters. The van der Waals surface area contributed by atoms with Crippen LogP contribution in [0.25, 0.3) is 0 Å². The van der Waals surface area contributed by atoms with Crippen LogP contribution in [0.15, 0.2) is 35.1 Å². The standard InChI is InChI=1S/C14H18N4O/c19-14-16-13(12-6-8-15-9-7-12)17-18(14)10-11-4-2-1-3-5-11/h1-5,12,15H,6-10H2,(H,16,17,19). The van der Waals surface area contributed by atoms with E-state index in [9.17, 15) is 4.79 Å². The minimum atomic E-state index is -0.114. The molecule has 0 radical (unpaired) electrons. The monoisotopic (exact) mass is 258 g/mol. The zero-order valence-corrected chi connectivity index (χ0v) is 10.8. The first-order valence-corrected chi connectivity index (χ1v) is 6.74. The highest BCUT2D eigenvalue weighted by molar-refractivity contribution is 5.14. The number of nitrogens with zero attached hydrogens (tertiary/aromatic N) is 2. The molecule has 1 fully saturated rings. The Labute approximate surface area is 111 Å². The Morgan fingerprint density at radius 2 is 1.95 bits per heavy atom. The third kappa shape index (κ3) is 2.76. The average molecular weight is 258 g/mol. The first-order chi connectivity index (χ1) is 9.33. The molecule has 2 aromatic rings. The second-order valence-corrected chi connectivity index (χ2v) is 4.98. The van der Waals surface area contributed by atoms with Crippen molar-refractivity contribution in [2.24, 2.45) is 0 Å². The van der Waals surface area contributed by atoms with Gasteiger partial charge >= 0.3 is 5.69 Å². The van der Waals surface area contributed by atoms with E-state index in [1.54, 1.807) is 0 Å². The molecule has 1 saturated heterocycles. The van der Waals surface area contributed by atoms with Gasteiger partial charge in [0.25, 0.3) is 0 Å². The third-order valence-electron chi connectivity index (χ3n) is 3.60. The highest BCUT2D eigenvalue weighted by atomic mass is 16.1. The topological polar surface area (TPSA) is 62.7 Å². The summed E-state index contributed by atoms with van der Waals surface area (Å²) >= 11 is 0. The Morgan fingerprint density at radius 1 is 1.21 bits per heavy atom. The molecule has 1 aromatic heterocycles. The zero-order valence-electron chi connectivity index (χ0n) is 10.8. The molecule has 1 aliphatic rings. The number of H-pyrrole nitrogens is 1. The lowest BCUT2D eigenvalue weighted by Gasteiger charge is -2.19. The van der Waals surface area contributed by atoms with Crippen LogP contribution in [0.2, 0.25) is 0 Å². The summed E-state index contributed by atoms with van der Waals surface area (Å²) in [4.78, 5) is 14.8. The van der Waals surface area contributed by atoms with Crippen molar-refractivity contribution in [3.05, 3.63) is 52.2 Å². The van der Waals surface area contributed by atoms with Crippen LogP contribution in [-0.4, -0.2) is 27.9 Å². The molecule has 19 heavy (non-hydrogen) atoms. The number of aromatic amines is 1. The van der Waals surface area contributed by atoms with Gasteiger partial charge in [0.2, 0.25) is 0 Å². The highest BCUT2D eigenvalue weighted by Crippen LogP contribution is 2.20. The van der Waals surface area contributed by atoms with Crippen LogP contribution in [0.4, 0.5) is 0 Å². The third-order valence-corrected chi connectivity index (χ3v) is 3.60. The summed E-state index contributed by atoms with van der Waals surface area (Å²) < 4.78 is 1.52. The molecule has 1 aliphatic heterocycles. The SMILES string of the molecule is O=c1[nH]c(C2CCNCC2)nn1Cc1ccccc1. The number of hydrogen-bond donors (Lipinski definition) is 2. The predicted molar refractivity (Wildman–Crippen MR) is 73.2 cm³/mol. The van der Waals surface area contributed by atoms with Gasteiger partial charge in [-0.25, -0.2) is 9.48 Å². The predicted octanol–water partition coefficient (Wildman–Crippen LogP) is 1.09. The van der Waals surface area contributed by atoms with Gasteiger partial charge in [-0.05, 0) is 31.5 Å². The van der Waals surface area contributed by atoms with Gasteiger partial charge in [-0.3, -0.25) is 4.98 Å². The van der Waals surface area contributed by atoms with E-state index < -0.39 is 0 Å². The smallest absolute Gasteiger partial charge is 0.317 e. The van der Waals surface area contributed by atoms with Gasteiger partial charge in [0.1, 0.15) is 5.82 Å². The average Bonchev–Trinajstić information content (AvgIpc) is 2.82. The molecule has 0 spiro atoms. The van der Waals surface area contributed by atoms with Gasteiger partial charge in [0.15, 0.2) is 0 Å². The quantitative estimate of drug-likeness (QED) is 0.866. The first kappa shape index (κ1) is 12.2. The van der Waals surface area contributed by atoms with Crippen molar-refractivity contribution in [3.63, 3.8) is 0 Å². The van der Waals surface area contributed by atoms with Crippen LogP contribution >= 0.6 is 0 Å². The fraction of sp³-hybridized carbons (Fsp3) is 0.429. The van der Waals surface area contributed by atoms with Crippen molar-refractivity contribution in [1.29, 1.82) is 0 Å². The van der Waals surface area contributed by atoms with Crippen molar-refractivity contribution in [3.8, 4) is 0 Å². The molecule has 0 saturated carbocycles. The van der Waals surface area contributed by atoms with Crippen LogP contribution < -0.4 is 11.0 Å². The van der Waals surface area contributed by atoms with Gasteiger partial charge in [0.05, 0.1) is 6.54 Å². The van der Waals surface area contributed by atoms with Gasteiger partial charge < -0.3 is 5.32 Å². The van der Waals surface area contributed by atoms with Crippen molar-refractivity contribution < 1.29 is 0 Å². The van der Waals surface area contributed by atoms with Gasteiger partial charge in [-0.1, -0.05) is 30.3 Å². The second kappa shape index (κ2) is 5.40. The fourth-order valence-electron chi connectivity index (χ4n) is 2.52. The number of hydrogen-bond acceptors (Lipinski definition) is 3. The van der Waals surface area contributed by atoms with E-state index >= 15 is 0 Å². The Bertz CT molecular complexity index is 581. The Hall–Kier alpha value is -1.88. The van der Waals surface area contributed by atoms with Crippen molar-refractivity contribution in [2.75, 3.05) is 13.1 Å². The van der Waals surface area contributed by atoms with E-state index in [1.165, 1.54) is 4.68 Å². The zero-order chi connectivity index (χ0) is 13.1. The minimum Gasteiger partial charge on any atom is -0.317 e. The van der Waals surface area contributed by atoms with E-state index in [4.69, 9.17) is 0 Å². The summed E-state index contributed by atoms with van der Waals surface area (Å²) in [5, 5.41) is 7.77. The van der Waals surface area contributed by atoms with Crippen molar-refractivity contribution in [1.82, 2.24) is 20.1 Å². The summed E-state index contributed by atoms with van der Waals surface area (Å²) in [5.74, 6) is 1.22. The van der Waals surface area contributed by atoms with E-state index in [2.05, 4.69) is 15.4 Å². The molecule has 3 rings (SSSR count). The largest absolute Gasteiger partial charge is 0.343 e. The summed E-state index contributed by atoms with van der Waals surface area (Å²) in [6, 6.07) is 9.93. The van der Waals surface area contributed by atoms with E-state index in [0.717, 1.165) is 37.3 Å². The molecule has 0 amide bonds. The maximum Gasteiger partial charge on any atom is 0.343 e. The van der Waals surface area contributed by atoms with E-state index in [1.807, 2.05) is 30.3 Å². The van der Waals surface area contributed by atoms with Gasteiger partial charge in [-0.15, -0.1) is 0 Å². The maximum absolute atomic E-state index is 11.9. The molecule has 0 bridgehead atoms. The van der Waals surface area contributed by atoms with Crippen molar-refractivity contribution in [2.45, 2.75) is 25.3 Å². The second-order valence-electron chi connectivity index (χ2n) is 4.98. The lowest BCUT2D eigenvalue weighted by atomic mass is 9.98. The molecule has 5 nitrogen and oxygen atoms in total. The normalized spacial score (nSPS) is 16.6. The molecule has 2 heterocycles. The van der Waals surface area contributed by atoms with Crippen LogP contribution in [0.1, 0.15) is 30.1 Å². The molecular weight excluding hydrogens is 240 g/mol. The molecule has 100 valence electrons. The van der Waals surface area contributed by atoms with Crippen LogP contribution in [-0.2, 0) is 6.54 Å². The fourth-order valence-corrected chi connectivity index (χ4v) is 2.52. The number of benzene rings is 1.